The molecule has 2 rings (SSSR count). The highest BCUT2D eigenvalue weighted by Crippen LogP contribution is 2.36. The summed E-state index contributed by atoms with van der Waals surface area (Å²) in [5, 5.41) is 0. The Labute approximate surface area is 129 Å². The molecule has 0 aromatic heterocycles. The maximum absolute atomic E-state index is 13.3. The number of halogens is 1. The van der Waals surface area contributed by atoms with Crippen LogP contribution in [0.5, 0.6) is 0 Å². The molecule has 1 aliphatic carbocycles. The van der Waals surface area contributed by atoms with Gasteiger partial charge in [-0.15, -0.1) is 0 Å². The zero-order valence-corrected chi connectivity index (χ0v) is 13.8. The average molecular weight is 312 g/mol. The molecule has 1 aromatic carbocycles. The molecule has 21 heavy (non-hydrogen) atoms. The Kier molecular flexibility index (Phi) is 5.04. The molecule has 0 spiro atoms. The van der Waals surface area contributed by atoms with Crippen molar-refractivity contribution in [1.29, 1.82) is 0 Å². The molecule has 1 fully saturated rings. The first kappa shape index (κ1) is 16.4. The van der Waals surface area contributed by atoms with Crippen molar-refractivity contribution < 1.29 is 8.60 Å². The van der Waals surface area contributed by atoms with Crippen molar-refractivity contribution in [2.24, 2.45) is 5.92 Å². The summed E-state index contributed by atoms with van der Waals surface area (Å²) >= 11 is 0. The molecule has 0 saturated heterocycles. The van der Waals surface area contributed by atoms with E-state index in [4.69, 9.17) is 5.73 Å². The Morgan fingerprint density at radius 1 is 1.43 bits per heavy atom. The molecule has 1 saturated carbocycles. The molecule has 0 bridgehead atoms. The van der Waals surface area contributed by atoms with Crippen LogP contribution in [0.4, 0.5) is 10.1 Å². The van der Waals surface area contributed by atoms with Gasteiger partial charge >= 0.3 is 0 Å². The van der Waals surface area contributed by atoms with Crippen LogP contribution in [-0.2, 0) is 11.0 Å². The fourth-order valence-electron chi connectivity index (χ4n) is 2.19. The largest absolute Gasteiger partial charge is 0.396 e. The molecule has 3 nitrogen and oxygen atoms in total. The number of benzene rings is 1. The van der Waals surface area contributed by atoms with Crippen LogP contribution < -0.4 is 10.5 Å². The molecule has 0 aliphatic heterocycles. The van der Waals surface area contributed by atoms with E-state index in [1.165, 1.54) is 18.9 Å². The maximum Gasteiger partial charge on any atom is 0.146 e. The van der Waals surface area contributed by atoms with Gasteiger partial charge in [0.2, 0.25) is 0 Å². The lowest BCUT2D eigenvalue weighted by molar-refractivity contribution is 0.530. The summed E-state index contributed by atoms with van der Waals surface area (Å²) < 4.78 is 28.6. The van der Waals surface area contributed by atoms with Gasteiger partial charge in [-0.25, -0.2) is 13.3 Å². The predicted molar refractivity (Wildman–Crippen MR) is 86.5 cm³/mol. The molecule has 1 aliphatic rings. The summed E-state index contributed by atoms with van der Waals surface area (Å²) in [5.41, 5.74) is 6.72. The van der Waals surface area contributed by atoms with Gasteiger partial charge < -0.3 is 5.73 Å². The Hall–Kier alpha value is -0.940. The number of nitrogen functional groups attached to an aromatic ring is 1. The fourth-order valence-corrected chi connectivity index (χ4v) is 3.05. The molecule has 5 heteroatoms. The van der Waals surface area contributed by atoms with Crippen LogP contribution in [0.15, 0.2) is 18.2 Å². The van der Waals surface area contributed by atoms with Crippen LogP contribution in [0.1, 0.15) is 58.1 Å². The third kappa shape index (κ3) is 4.78. The summed E-state index contributed by atoms with van der Waals surface area (Å²) in [4.78, 5) is 0. The third-order valence-electron chi connectivity index (χ3n) is 3.79. The molecule has 118 valence electrons. The van der Waals surface area contributed by atoms with Crippen molar-refractivity contribution in [3.8, 4) is 0 Å². The van der Waals surface area contributed by atoms with Crippen molar-refractivity contribution in [1.82, 2.24) is 4.72 Å². The zero-order chi connectivity index (χ0) is 15.6. The quantitative estimate of drug-likeness (QED) is 0.787. The smallest absolute Gasteiger partial charge is 0.146 e. The molecule has 1 unspecified atom stereocenters. The molecule has 2 atom stereocenters. The van der Waals surface area contributed by atoms with E-state index in [-0.39, 0.29) is 16.5 Å². The van der Waals surface area contributed by atoms with Gasteiger partial charge in [0.15, 0.2) is 0 Å². The minimum Gasteiger partial charge on any atom is -0.396 e. The van der Waals surface area contributed by atoms with Gasteiger partial charge in [-0.1, -0.05) is 18.9 Å². The topological polar surface area (TPSA) is 55.1 Å². The predicted octanol–water partition coefficient (Wildman–Crippen LogP) is 3.69. The molecular weight excluding hydrogens is 287 g/mol. The van der Waals surface area contributed by atoms with Crippen molar-refractivity contribution in [2.45, 2.75) is 57.2 Å². The second-order valence-corrected chi connectivity index (χ2v) is 8.85. The van der Waals surface area contributed by atoms with Crippen molar-refractivity contribution in [3.05, 3.63) is 29.6 Å². The van der Waals surface area contributed by atoms with Crippen LogP contribution >= 0.6 is 0 Å². The molecule has 1 aromatic rings. The monoisotopic (exact) mass is 312 g/mol. The number of nitrogens with two attached hydrogens (primary N) is 1. The summed E-state index contributed by atoms with van der Waals surface area (Å²) in [6, 6.07) is 4.72. The van der Waals surface area contributed by atoms with Gasteiger partial charge in [-0.2, -0.15) is 0 Å². The molecule has 0 radical (unpaired) electrons. The van der Waals surface area contributed by atoms with Gasteiger partial charge in [0.05, 0.1) is 21.4 Å². The van der Waals surface area contributed by atoms with E-state index < -0.39 is 16.8 Å². The minimum absolute atomic E-state index is 0.0476. The Morgan fingerprint density at radius 2 is 2.10 bits per heavy atom. The summed E-state index contributed by atoms with van der Waals surface area (Å²) in [5.74, 6) is 0.395. The zero-order valence-electron chi connectivity index (χ0n) is 13.0. The first-order chi connectivity index (χ1) is 9.77. The standard InChI is InChI=1S/C16H25FN2OS/c1-16(2,3)21(20)19-15(9-6-11-4-5-11)12-7-8-13(17)14(18)10-12/h7-8,10-11,15,19H,4-6,9,18H2,1-3H3/t15?,21-/m0/s1. The second kappa shape index (κ2) is 6.44. The van der Waals surface area contributed by atoms with Crippen LogP contribution in [0.2, 0.25) is 0 Å². The first-order valence-corrected chi connectivity index (χ1v) is 8.65. The fraction of sp³-hybridized carbons (Fsp3) is 0.625. The van der Waals surface area contributed by atoms with E-state index in [0.717, 1.165) is 24.3 Å². The minimum atomic E-state index is -1.16. The van der Waals surface area contributed by atoms with E-state index in [1.54, 1.807) is 12.1 Å². The number of hydrogen-bond donors (Lipinski definition) is 2. The molecule has 0 amide bonds. The Morgan fingerprint density at radius 3 is 2.62 bits per heavy atom. The number of anilines is 1. The Balaban J connectivity index is 2.13. The third-order valence-corrected chi connectivity index (χ3v) is 5.40. The number of hydrogen-bond acceptors (Lipinski definition) is 2. The highest BCUT2D eigenvalue weighted by molar-refractivity contribution is 7.84. The van der Waals surface area contributed by atoms with Crippen molar-refractivity contribution in [3.63, 3.8) is 0 Å². The van der Waals surface area contributed by atoms with Crippen LogP contribution in [-0.4, -0.2) is 8.96 Å². The van der Waals surface area contributed by atoms with Gasteiger partial charge in [0.1, 0.15) is 5.82 Å². The van der Waals surface area contributed by atoms with Gasteiger partial charge in [0.25, 0.3) is 0 Å². The molecular formula is C16H25FN2OS. The lowest BCUT2D eigenvalue weighted by Crippen LogP contribution is -2.35. The Bertz CT molecular complexity index is 523. The van der Waals surface area contributed by atoms with E-state index in [0.29, 0.717) is 0 Å². The van der Waals surface area contributed by atoms with Crippen molar-refractivity contribution in [2.75, 3.05) is 5.73 Å². The van der Waals surface area contributed by atoms with E-state index in [1.807, 2.05) is 20.8 Å². The first-order valence-electron chi connectivity index (χ1n) is 7.50. The van der Waals surface area contributed by atoms with E-state index in [2.05, 4.69) is 4.72 Å². The highest BCUT2D eigenvalue weighted by atomic mass is 32.2. The van der Waals surface area contributed by atoms with Crippen LogP contribution in [0, 0.1) is 11.7 Å². The summed E-state index contributed by atoms with van der Waals surface area (Å²) in [6.07, 6.45) is 4.59. The highest BCUT2D eigenvalue weighted by Gasteiger charge is 2.27. The van der Waals surface area contributed by atoms with E-state index >= 15 is 0 Å². The molecule has 3 N–H and O–H groups in total. The average Bonchev–Trinajstić information content (AvgIpc) is 3.20. The van der Waals surface area contributed by atoms with Gasteiger partial charge in [-0.3, -0.25) is 0 Å². The molecule has 0 heterocycles. The number of nitrogens with one attached hydrogen (secondary N) is 1. The number of rotatable bonds is 6. The summed E-state index contributed by atoms with van der Waals surface area (Å²) in [7, 11) is -1.16. The maximum atomic E-state index is 13.3. The second-order valence-electron chi connectivity index (χ2n) is 6.85. The van der Waals surface area contributed by atoms with Gasteiger partial charge in [0, 0.05) is 6.04 Å². The lowest BCUT2D eigenvalue weighted by atomic mass is 10.0. The lowest BCUT2D eigenvalue weighted by Gasteiger charge is -2.25. The van der Waals surface area contributed by atoms with Crippen LogP contribution in [0.25, 0.3) is 0 Å². The van der Waals surface area contributed by atoms with Crippen LogP contribution in [0.3, 0.4) is 0 Å². The van der Waals surface area contributed by atoms with Gasteiger partial charge in [-0.05, 0) is 57.2 Å². The summed E-state index contributed by atoms with van der Waals surface area (Å²) in [6.45, 7) is 5.81. The SMILES string of the molecule is CC(C)(C)[S@](=O)NC(CCC1CC1)c1ccc(F)c(N)c1. The normalized spacial score (nSPS) is 18.5. The van der Waals surface area contributed by atoms with E-state index in [9.17, 15) is 8.60 Å². The van der Waals surface area contributed by atoms with Crippen molar-refractivity contribution >= 4 is 16.7 Å².